The predicted octanol–water partition coefficient (Wildman–Crippen LogP) is 2.88. The first-order valence-electron chi connectivity index (χ1n) is 7.42. The third kappa shape index (κ3) is 2.96. The zero-order chi connectivity index (χ0) is 16.6. The van der Waals surface area contributed by atoms with Gasteiger partial charge >= 0.3 is 0 Å². The molecular weight excluding hydrogens is 321 g/mol. The second kappa shape index (κ2) is 6.29. The molecular formula is C16H17ClFN3O2. The van der Waals surface area contributed by atoms with Crippen molar-refractivity contribution < 1.29 is 13.7 Å². The molecule has 0 bridgehead atoms. The number of halogens is 2. The number of piperazine rings is 1. The Balaban J connectivity index is 2.04. The van der Waals surface area contributed by atoms with E-state index in [1.54, 1.807) is 17.9 Å². The molecule has 1 aliphatic rings. The van der Waals surface area contributed by atoms with Gasteiger partial charge in [-0.1, -0.05) is 22.8 Å². The summed E-state index contributed by atoms with van der Waals surface area (Å²) >= 11 is 6.10. The van der Waals surface area contributed by atoms with Crippen molar-refractivity contribution in [2.45, 2.75) is 19.9 Å². The zero-order valence-corrected chi connectivity index (χ0v) is 13.7. The molecule has 1 saturated heterocycles. The van der Waals surface area contributed by atoms with Crippen LogP contribution in [-0.2, 0) is 0 Å². The SMILES string of the molecule is Cc1onc(-c2c(F)cccc2Cl)c1C(=O)N1CCNC(C)C1. The number of aryl methyl sites for hydroxylation is 1. The third-order valence-corrected chi connectivity index (χ3v) is 4.25. The van der Waals surface area contributed by atoms with Crippen LogP contribution in [0, 0.1) is 12.7 Å². The minimum absolute atomic E-state index is 0.0950. The summed E-state index contributed by atoms with van der Waals surface area (Å²) in [6.45, 7) is 5.53. The fourth-order valence-electron chi connectivity index (χ4n) is 2.79. The van der Waals surface area contributed by atoms with Crippen molar-refractivity contribution in [3.63, 3.8) is 0 Å². The Labute approximate surface area is 138 Å². The van der Waals surface area contributed by atoms with Crippen LogP contribution in [0.1, 0.15) is 23.0 Å². The molecule has 1 N–H and O–H groups in total. The van der Waals surface area contributed by atoms with Crippen molar-refractivity contribution >= 4 is 17.5 Å². The molecule has 1 amide bonds. The van der Waals surface area contributed by atoms with Crippen molar-refractivity contribution in [1.82, 2.24) is 15.4 Å². The highest BCUT2D eigenvalue weighted by Crippen LogP contribution is 2.34. The van der Waals surface area contributed by atoms with Crippen LogP contribution < -0.4 is 5.32 Å². The molecule has 1 aromatic carbocycles. The molecule has 0 spiro atoms. The van der Waals surface area contributed by atoms with Crippen LogP contribution in [0.2, 0.25) is 5.02 Å². The van der Waals surface area contributed by atoms with Crippen molar-refractivity contribution in [2.24, 2.45) is 0 Å². The van der Waals surface area contributed by atoms with Gasteiger partial charge in [0.2, 0.25) is 0 Å². The van der Waals surface area contributed by atoms with E-state index in [0.29, 0.717) is 25.4 Å². The molecule has 5 nitrogen and oxygen atoms in total. The van der Waals surface area contributed by atoms with Gasteiger partial charge in [0.05, 0.1) is 10.6 Å². The standard InChI is InChI=1S/C16H17ClFN3O2/c1-9-8-21(7-6-19-9)16(22)13-10(2)23-20-15(13)14-11(17)4-3-5-12(14)18/h3-5,9,19H,6-8H2,1-2H3. The number of nitrogens with one attached hydrogen (secondary N) is 1. The molecule has 122 valence electrons. The minimum atomic E-state index is -0.534. The predicted molar refractivity (Wildman–Crippen MR) is 85.0 cm³/mol. The monoisotopic (exact) mass is 337 g/mol. The van der Waals surface area contributed by atoms with E-state index in [2.05, 4.69) is 10.5 Å². The Kier molecular flexibility index (Phi) is 4.37. The molecule has 7 heteroatoms. The number of hydrogen-bond donors (Lipinski definition) is 1. The van der Waals surface area contributed by atoms with Gasteiger partial charge in [0.1, 0.15) is 22.8 Å². The zero-order valence-electron chi connectivity index (χ0n) is 12.9. The number of benzene rings is 1. The highest BCUT2D eigenvalue weighted by atomic mass is 35.5. The normalized spacial score (nSPS) is 18.3. The molecule has 1 atom stereocenters. The number of rotatable bonds is 2. The lowest BCUT2D eigenvalue weighted by Gasteiger charge is -2.31. The fourth-order valence-corrected chi connectivity index (χ4v) is 3.05. The first kappa shape index (κ1) is 16.0. The number of nitrogens with zero attached hydrogens (tertiary/aromatic N) is 2. The number of carbonyl (C=O) groups excluding carboxylic acids is 1. The quantitative estimate of drug-likeness (QED) is 0.915. The Morgan fingerprint density at radius 1 is 1.52 bits per heavy atom. The van der Waals surface area contributed by atoms with E-state index in [4.69, 9.17) is 16.1 Å². The summed E-state index contributed by atoms with van der Waals surface area (Å²) in [5, 5.41) is 7.35. The van der Waals surface area contributed by atoms with Gasteiger partial charge in [0, 0.05) is 25.7 Å². The maximum Gasteiger partial charge on any atom is 0.259 e. The van der Waals surface area contributed by atoms with Gasteiger partial charge in [-0.3, -0.25) is 4.79 Å². The van der Waals surface area contributed by atoms with Crippen LogP contribution in [0.3, 0.4) is 0 Å². The Bertz CT molecular complexity index is 727. The molecule has 3 rings (SSSR count). The van der Waals surface area contributed by atoms with Gasteiger partial charge in [0.15, 0.2) is 0 Å². The Morgan fingerprint density at radius 2 is 2.30 bits per heavy atom. The van der Waals surface area contributed by atoms with E-state index >= 15 is 0 Å². The molecule has 2 heterocycles. The van der Waals surface area contributed by atoms with Crippen molar-refractivity contribution in [1.29, 1.82) is 0 Å². The number of amides is 1. The topological polar surface area (TPSA) is 58.4 Å². The van der Waals surface area contributed by atoms with Crippen LogP contribution in [0.4, 0.5) is 4.39 Å². The molecule has 0 saturated carbocycles. The molecule has 1 aliphatic heterocycles. The van der Waals surface area contributed by atoms with Gasteiger partial charge in [0.25, 0.3) is 5.91 Å². The Hall–Kier alpha value is -1.92. The average Bonchev–Trinajstić information content (AvgIpc) is 2.88. The van der Waals surface area contributed by atoms with E-state index in [1.807, 2.05) is 6.92 Å². The largest absolute Gasteiger partial charge is 0.360 e. The summed E-state index contributed by atoms with van der Waals surface area (Å²) < 4.78 is 19.4. The first-order valence-corrected chi connectivity index (χ1v) is 7.80. The van der Waals surface area contributed by atoms with Crippen molar-refractivity contribution in [3.8, 4) is 11.3 Å². The smallest absolute Gasteiger partial charge is 0.259 e. The summed E-state index contributed by atoms with van der Waals surface area (Å²) in [5.41, 5.74) is 0.519. The third-order valence-electron chi connectivity index (χ3n) is 3.93. The van der Waals surface area contributed by atoms with E-state index in [1.165, 1.54) is 12.1 Å². The lowest BCUT2D eigenvalue weighted by atomic mass is 10.0. The molecule has 1 unspecified atom stereocenters. The molecule has 2 aromatic rings. The van der Waals surface area contributed by atoms with Crippen LogP contribution in [0.25, 0.3) is 11.3 Å². The second-order valence-corrected chi connectivity index (χ2v) is 6.07. The van der Waals surface area contributed by atoms with E-state index in [-0.39, 0.29) is 33.8 Å². The van der Waals surface area contributed by atoms with Gasteiger partial charge < -0.3 is 14.7 Å². The fraction of sp³-hybridized carbons (Fsp3) is 0.375. The number of aromatic nitrogens is 1. The molecule has 0 aliphatic carbocycles. The Morgan fingerprint density at radius 3 is 3.00 bits per heavy atom. The van der Waals surface area contributed by atoms with Gasteiger partial charge in [-0.05, 0) is 26.0 Å². The molecule has 1 aromatic heterocycles. The van der Waals surface area contributed by atoms with Crippen molar-refractivity contribution in [2.75, 3.05) is 19.6 Å². The van der Waals surface area contributed by atoms with Crippen LogP contribution in [-0.4, -0.2) is 41.6 Å². The minimum Gasteiger partial charge on any atom is -0.360 e. The van der Waals surface area contributed by atoms with Crippen LogP contribution >= 0.6 is 11.6 Å². The highest BCUT2D eigenvalue weighted by Gasteiger charge is 2.30. The number of hydrogen-bond acceptors (Lipinski definition) is 4. The summed E-state index contributed by atoms with van der Waals surface area (Å²) in [6.07, 6.45) is 0. The summed E-state index contributed by atoms with van der Waals surface area (Å²) in [4.78, 5) is 14.6. The number of carbonyl (C=O) groups is 1. The van der Waals surface area contributed by atoms with Gasteiger partial charge in [-0.15, -0.1) is 0 Å². The maximum atomic E-state index is 14.2. The van der Waals surface area contributed by atoms with Crippen LogP contribution in [0.5, 0.6) is 0 Å². The molecule has 1 fully saturated rings. The first-order chi connectivity index (χ1) is 11.0. The molecule has 0 radical (unpaired) electrons. The second-order valence-electron chi connectivity index (χ2n) is 5.67. The van der Waals surface area contributed by atoms with E-state index in [9.17, 15) is 9.18 Å². The average molecular weight is 338 g/mol. The van der Waals surface area contributed by atoms with Gasteiger partial charge in [-0.2, -0.15) is 0 Å². The maximum absolute atomic E-state index is 14.2. The van der Waals surface area contributed by atoms with Crippen LogP contribution in [0.15, 0.2) is 22.7 Å². The van der Waals surface area contributed by atoms with Gasteiger partial charge in [-0.25, -0.2) is 4.39 Å². The van der Waals surface area contributed by atoms with Crippen molar-refractivity contribution in [3.05, 3.63) is 40.4 Å². The van der Waals surface area contributed by atoms with E-state index < -0.39 is 5.82 Å². The lowest BCUT2D eigenvalue weighted by Crippen LogP contribution is -2.51. The summed E-state index contributed by atoms with van der Waals surface area (Å²) in [7, 11) is 0. The highest BCUT2D eigenvalue weighted by molar-refractivity contribution is 6.33. The summed E-state index contributed by atoms with van der Waals surface area (Å²) in [5.74, 6) is -0.393. The van der Waals surface area contributed by atoms with E-state index in [0.717, 1.165) is 0 Å². The molecule has 23 heavy (non-hydrogen) atoms. The lowest BCUT2D eigenvalue weighted by molar-refractivity contribution is 0.0708. The summed E-state index contributed by atoms with van der Waals surface area (Å²) in [6, 6.07) is 4.55.